The zero-order chi connectivity index (χ0) is 40.1. The second-order valence-electron chi connectivity index (χ2n) is 16.4. The van der Waals surface area contributed by atoms with Crippen molar-refractivity contribution in [2.75, 3.05) is 13.1 Å². The van der Waals surface area contributed by atoms with Gasteiger partial charge in [0.1, 0.15) is 18.0 Å². The minimum absolute atomic E-state index is 0.0680. The van der Waals surface area contributed by atoms with E-state index >= 15 is 0 Å². The number of sulfonamides is 1. The van der Waals surface area contributed by atoms with Crippen molar-refractivity contribution >= 4 is 21.9 Å². The van der Waals surface area contributed by atoms with Crippen molar-refractivity contribution in [3.63, 3.8) is 0 Å². The highest BCUT2D eigenvalue weighted by Crippen LogP contribution is 2.65. The predicted molar refractivity (Wildman–Crippen MR) is 201 cm³/mol. The largest absolute Gasteiger partial charge is 0.485 e. The summed E-state index contributed by atoms with van der Waals surface area (Å²) < 4.78 is 83.1. The zero-order valence-electron chi connectivity index (χ0n) is 31.5. The molecule has 2 aliphatic heterocycles. The normalized spacial score (nSPS) is 26.4. The van der Waals surface area contributed by atoms with E-state index in [4.69, 9.17) is 9.47 Å². The zero-order valence-corrected chi connectivity index (χ0v) is 32.3. The van der Waals surface area contributed by atoms with Gasteiger partial charge in [0.25, 0.3) is 10.0 Å². The molecule has 2 saturated carbocycles. The number of nitrogens with one attached hydrogen (secondary N) is 1. The van der Waals surface area contributed by atoms with E-state index in [1.807, 2.05) is 24.6 Å². The molecule has 300 valence electrons. The van der Waals surface area contributed by atoms with Gasteiger partial charge in [-0.05, 0) is 106 Å². The maximum atomic E-state index is 13.7. The molecule has 5 aliphatic rings. The molecule has 11 nitrogen and oxygen atoms in total. The molecule has 3 aromatic carbocycles. The Hall–Kier alpha value is -4.73. The summed E-state index contributed by atoms with van der Waals surface area (Å²) in [6, 6.07) is 16.8. The van der Waals surface area contributed by atoms with E-state index in [-0.39, 0.29) is 22.3 Å². The number of carbonyl (C=O) groups is 2. The Morgan fingerprint density at radius 3 is 2.44 bits per heavy atom. The van der Waals surface area contributed by atoms with Crippen molar-refractivity contribution in [1.29, 1.82) is 0 Å². The van der Waals surface area contributed by atoms with Crippen LogP contribution in [0, 0.1) is 19.8 Å². The van der Waals surface area contributed by atoms with E-state index in [0.29, 0.717) is 30.7 Å². The van der Waals surface area contributed by atoms with Crippen LogP contribution in [0.1, 0.15) is 72.9 Å². The monoisotopic (exact) mass is 804 g/mol. The Balaban J connectivity index is 0.863. The summed E-state index contributed by atoms with van der Waals surface area (Å²) in [7, 11) is -4.41. The topological polar surface area (TPSA) is 140 Å². The molecule has 1 aromatic heterocycles. The van der Waals surface area contributed by atoms with Crippen LogP contribution in [0.5, 0.6) is 5.75 Å². The van der Waals surface area contributed by atoms with Gasteiger partial charge in [-0.2, -0.15) is 18.3 Å². The van der Waals surface area contributed by atoms with Crippen LogP contribution in [-0.4, -0.2) is 77.0 Å². The maximum Gasteiger partial charge on any atom is 0.435 e. The molecule has 4 aromatic rings. The maximum absolute atomic E-state index is 13.7. The number of ether oxygens (including phenoxy) is 2. The van der Waals surface area contributed by atoms with Crippen LogP contribution in [0.15, 0.2) is 71.6 Å². The van der Waals surface area contributed by atoms with Crippen LogP contribution in [0.3, 0.4) is 0 Å². The number of hydrogen-bond acceptors (Lipinski definition) is 9. The average Bonchev–Trinajstić information content (AvgIpc) is 3.73. The lowest BCUT2D eigenvalue weighted by Gasteiger charge is -2.64. The number of carbonyl (C=O) groups excluding carboxylic acids is 2. The highest BCUT2D eigenvalue weighted by atomic mass is 32.2. The first kappa shape index (κ1) is 37.8. The van der Waals surface area contributed by atoms with Gasteiger partial charge >= 0.3 is 12.1 Å². The van der Waals surface area contributed by atoms with Crippen LogP contribution in [-0.2, 0) is 42.4 Å². The lowest BCUT2D eigenvalue weighted by molar-refractivity contribution is -0.216. The minimum Gasteiger partial charge on any atom is -0.485 e. The van der Waals surface area contributed by atoms with Gasteiger partial charge < -0.3 is 14.6 Å². The van der Waals surface area contributed by atoms with E-state index in [0.717, 1.165) is 70.4 Å². The number of hydrogen-bond donors (Lipinski definition) is 2. The fourth-order valence-corrected chi connectivity index (χ4v) is 10.8. The third-order valence-corrected chi connectivity index (χ3v) is 14.1. The van der Waals surface area contributed by atoms with Gasteiger partial charge in [-0.15, -0.1) is 0 Å². The molecule has 5 atom stereocenters. The summed E-state index contributed by atoms with van der Waals surface area (Å²) in [5, 5.41) is 16.4. The lowest BCUT2D eigenvalue weighted by Crippen LogP contribution is -2.77. The molecule has 1 saturated heterocycles. The second-order valence-corrected chi connectivity index (χ2v) is 18.1. The first-order valence-electron chi connectivity index (χ1n) is 19.4. The molecule has 2 N–H and O–H groups in total. The SMILES string of the molecule is Cc1ccc(-c2cc(C(F)(F)F)nn2-c2ccc(S(=O)(=O)NC(=O)CCC(=O)O[C@@H]3CC[C@@]4(O)[C@H]5Cc6ccc(C)c7c6[C@@]4(CCN5CC4CC4)C3O7)cc2)cc1. The van der Waals surface area contributed by atoms with Gasteiger partial charge in [-0.3, -0.25) is 14.5 Å². The van der Waals surface area contributed by atoms with Crippen molar-refractivity contribution in [1.82, 2.24) is 19.4 Å². The fraction of sp³-hybridized carbons (Fsp3) is 0.452. The van der Waals surface area contributed by atoms with Crippen LogP contribution in [0.4, 0.5) is 13.2 Å². The van der Waals surface area contributed by atoms with Gasteiger partial charge in [0.15, 0.2) is 5.69 Å². The molecule has 57 heavy (non-hydrogen) atoms. The summed E-state index contributed by atoms with van der Waals surface area (Å²) in [5.41, 5.74) is 1.98. The van der Waals surface area contributed by atoms with Gasteiger partial charge in [0, 0.05) is 30.1 Å². The Morgan fingerprint density at radius 2 is 1.74 bits per heavy atom. The number of amides is 1. The lowest BCUT2D eigenvalue weighted by atomic mass is 9.48. The number of alkyl halides is 3. The van der Waals surface area contributed by atoms with Crippen molar-refractivity contribution in [3.8, 4) is 22.7 Å². The summed E-state index contributed by atoms with van der Waals surface area (Å²) in [5.74, 6) is -0.190. The molecule has 0 radical (unpaired) electrons. The molecule has 9 rings (SSSR count). The van der Waals surface area contributed by atoms with Crippen molar-refractivity contribution in [3.05, 3.63) is 94.7 Å². The first-order valence-corrected chi connectivity index (χ1v) is 20.9. The average molecular weight is 805 g/mol. The Labute approximate surface area is 328 Å². The third-order valence-electron chi connectivity index (χ3n) is 12.8. The second kappa shape index (κ2) is 13.4. The molecule has 1 amide bonds. The molecular weight excluding hydrogens is 762 g/mol. The van der Waals surface area contributed by atoms with E-state index in [2.05, 4.69) is 16.1 Å². The number of nitrogens with zero attached hydrogens (tertiary/aromatic N) is 3. The molecule has 3 aliphatic carbocycles. The Bertz CT molecular complexity index is 2380. The van der Waals surface area contributed by atoms with Crippen molar-refractivity contribution in [2.24, 2.45) is 5.92 Å². The molecular formula is C42H43F3N4O7S. The first-order chi connectivity index (χ1) is 27.1. The minimum atomic E-state index is -4.71. The van der Waals surface area contributed by atoms with Crippen LogP contribution >= 0.6 is 0 Å². The molecule has 1 spiro atoms. The summed E-state index contributed by atoms with van der Waals surface area (Å²) in [6.45, 7) is 5.61. The third kappa shape index (κ3) is 6.33. The van der Waals surface area contributed by atoms with E-state index in [1.165, 1.54) is 25.0 Å². The van der Waals surface area contributed by atoms with Gasteiger partial charge in [0.2, 0.25) is 5.91 Å². The van der Waals surface area contributed by atoms with Crippen molar-refractivity contribution < 1.29 is 45.8 Å². The van der Waals surface area contributed by atoms with Crippen LogP contribution in [0.25, 0.3) is 16.9 Å². The molecule has 3 fully saturated rings. The number of aromatic nitrogens is 2. The van der Waals surface area contributed by atoms with E-state index < -0.39 is 69.8 Å². The molecule has 1 unspecified atom stereocenters. The van der Waals surface area contributed by atoms with E-state index in [9.17, 15) is 36.3 Å². The number of esters is 1. The van der Waals surface area contributed by atoms with Gasteiger partial charge in [-0.25, -0.2) is 17.8 Å². The Morgan fingerprint density at radius 1 is 1.00 bits per heavy atom. The molecule has 3 heterocycles. The number of aliphatic hydroxyl groups is 1. The molecule has 15 heteroatoms. The smallest absolute Gasteiger partial charge is 0.435 e. The highest BCUT2D eigenvalue weighted by molar-refractivity contribution is 7.90. The summed E-state index contributed by atoms with van der Waals surface area (Å²) in [4.78, 5) is 28.4. The summed E-state index contributed by atoms with van der Waals surface area (Å²) in [6.07, 6.45) is -2.21. The Kier molecular flexibility index (Phi) is 8.90. The number of piperidine rings is 1. The predicted octanol–water partition coefficient (Wildman–Crippen LogP) is 5.94. The highest BCUT2D eigenvalue weighted by Gasteiger charge is 2.73. The fourth-order valence-electron chi connectivity index (χ4n) is 9.82. The summed E-state index contributed by atoms with van der Waals surface area (Å²) >= 11 is 0. The number of aryl methyl sites for hydroxylation is 2. The number of rotatable bonds is 10. The standard InChI is InChI=1S/C42H43F3N4O7S/c1-24-3-8-27(9-4-24)31-22-33(42(43,44)45)46-49(31)29-11-13-30(14-12-29)57(53,54)47-35(50)15-16-36(51)55-32-17-18-41(52)34-21-28-10-5-25(2)38-37(28)40(41,39(32)56-38)19-20-48(34)23-26-6-7-26/h3-5,8-14,22,26,32,34,39,52H,6-7,15-21,23H2,1-2H3,(H,47,50)/t32-,34-,39?,40+,41-/m1/s1. The van der Waals surface area contributed by atoms with Crippen LogP contribution < -0.4 is 9.46 Å². The van der Waals surface area contributed by atoms with Crippen LogP contribution in [0.2, 0.25) is 0 Å². The number of benzene rings is 3. The van der Waals surface area contributed by atoms with Gasteiger partial charge in [-0.1, -0.05) is 42.0 Å². The van der Waals surface area contributed by atoms with Crippen molar-refractivity contribution in [2.45, 2.75) is 106 Å². The quantitative estimate of drug-likeness (QED) is 0.187. The number of halogens is 3. The van der Waals surface area contributed by atoms with Gasteiger partial charge in [0.05, 0.1) is 33.7 Å². The molecule has 2 bridgehead atoms. The van der Waals surface area contributed by atoms with E-state index in [1.54, 1.807) is 24.3 Å². The number of likely N-dealkylation sites (tertiary alicyclic amines) is 1.